The predicted molar refractivity (Wildman–Crippen MR) is 132 cm³/mol. The Morgan fingerprint density at radius 3 is 1.44 bits per heavy atom. The third-order valence-corrected chi connectivity index (χ3v) is 6.08. The van der Waals surface area contributed by atoms with Crippen molar-refractivity contribution in [1.29, 1.82) is 0 Å². The van der Waals surface area contributed by atoms with E-state index in [2.05, 4.69) is 81.4 Å². The molecule has 2 heteroatoms. The Bertz CT molecular complexity index is 1140. The van der Waals surface area contributed by atoms with Gasteiger partial charge < -0.3 is 9.47 Å². The van der Waals surface area contributed by atoms with E-state index in [9.17, 15) is 0 Å². The number of hydrogen-bond donors (Lipinski definition) is 0. The van der Waals surface area contributed by atoms with Crippen LogP contribution in [0.2, 0.25) is 0 Å². The monoisotopic (exact) mass is 422 g/mol. The number of aryl methyl sites for hydroxylation is 1. The van der Waals surface area contributed by atoms with Crippen LogP contribution < -0.4 is 9.47 Å². The van der Waals surface area contributed by atoms with Gasteiger partial charge in [0, 0.05) is 5.41 Å². The average Bonchev–Trinajstić information content (AvgIpc) is 2.82. The fraction of sp³-hybridized carbons (Fsp3) is 0.200. The first-order valence-corrected chi connectivity index (χ1v) is 11.0. The molecule has 0 aliphatic carbocycles. The van der Waals surface area contributed by atoms with E-state index in [1.807, 2.05) is 36.4 Å². The van der Waals surface area contributed by atoms with Gasteiger partial charge >= 0.3 is 0 Å². The van der Waals surface area contributed by atoms with Crippen LogP contribution in [0.25, 0.3) is 0 Å². The summed E-state index contributed by atoms with van der Waals surface area (Å²) in [5.41, 5.74) is 6.26. The lowest BCUT2D eigenvalue weighted by Crippen LogP contribution is -2.18. The normalized spacial score (nSPS) is 11.2. The van der Waals surface area contributed by atoms with Crippen LogP contribution in [0.15, 0.2) is 97.1 Å². The number of ether oxygens (including phenoxy) is 2. The molecule has 0 aliphatic rings. The predicted octanol–water partition coefficient (Wildman–Crippen LogP) is 7.71. The van der Waals surface area contributed by atoms with Crippen molar-refractivity contribution in [3.8, 4) is 17.2 Å². The quantitative estimate of drug-likeness (QED) is 0.304. The van der Waals surface area contributed by atoms with Gasteiger partial charge in [0.15, 0.2) is 0 Å². The van der Waals surface area contributed by atoms with E-state index in [-0.39, 0.29) is 5.41 Å². The topological polar surface area (TPSA) is 18.5 Å². The van der Waals surface area contributed by atoms with Crippen LogP contribution in [0.4, 0.5) is 0 Å². The highest BCUT2D eigenvalue weighted by Gasteiger charge is 2.23. The van der Waals surface area contributed by atoms with Crippen molar-refractivity contribution in [2.75, 3.05) is 7.11 Å². The fourth-order valence-electron chi connectivity index (χ4n) is 3.87. The molecular weight excluding hydrogens is 392 g/mol. The third kappa shape index (κ3) is 5.03. The Morgan fingerprint density at radius 2 is 0.969 bits per heavy atom. The molecule has 0 saturated heterocycles. The average molecular weight is 423 g/mol. The zero-order valence-electron chi connectivity index (χ0n) is 19.3. The molecule has 4 aromatic rings. The number of benzene rings is 4. The van der Waals surface area contributed by atoms with Gasteiger partial charge in [0.05, 0.1) is 7.11 Å². The molecule has 0 amide bonds. The molecule has 0 heterocycles. The summed E-state index contributed by atoms with van der Waals surface area (Å²) in [6.45, 7) is 6.58. The summed E-state index contributed by atoms with van der Waals surface area (Å²) in [5, 5.41) is 0. The second-order valence-electron chi connectivity index (χ2n) is 8.79. The first-order valence-electron chi connectivity index (χ1n) is 11.0. The minimum Gasteiger partial charge on any atom is -0.497 e. The molecule has 0 atom stereocenters. The zero-order chi connectivity index (χ0) is 22.6. The lowest BCUT2D eigenvalue weighted by molar-refractivity contribution is 0.414. The Labute approximate surface area is 191 Å². The molecule has 32 heavy (non-hydrogen) atoms. The lowest BCUT2D eigenvalue weighted by Gasteiger charge is -2.26. The van der Waals surface area contributed by atoms with Crippen molar-refractivity contribution in [2.24, 2.45) is 0 Å². The second-order valence-corrected chi connectivity index (χ2v) is 8.79. The maximum atomic E-state index is 6.09. The van der Waals surface area contributed by atoms with Crippen molar-refractivity contribution in [3.63, 3.8) is 0 Å². The smallest absolute Gasteiger partial charge is 0.127 e. The Hall–Kier alpha value is -3.52. The molecule has 4 aromatic carbocycles. The van der Waals surface area contributed by atoms with Crippen molar-refractivity contribution in [1.82, 2.24) is 0 Å². The van der Waals surface area contributed by atoms with Gasteiger partial charge in [0.2, 0.25) is 0 Å². The summed E-state index contributed by atoms with van der Waals surface area (Å²) < 4.78 is 11.4. The van der Waals surface area contributed by atoms with Gasteiger partial charge in [-0.3, -0.25) is 0 Å². The van der Waals surface area contributed by atoms with E-state index in [1.165, 1.54) is 27.8 Å². The molecule has 0 saturated carbocycles. The fourth-order valence-corrected chi connectivity index (χ4v) is 3.87. The highest BCUT2D eigenvalue weighted by molar-refractivity contribution is 5.43. The van der Waals surface area contributed by atoms with E-state index in [0.717, 1.165) is 23.7 Å². The van der Waals surface area contributed by atoms with Gasteiger partial charge in [0.25, 0.3) is 0 Å². The summed E-state index contributed by atoms with van der Waals surface area (Å²) in [6.07, 6.45) is 0.926. The standard InChI is InChI=1S/C30H30O2/c1-22-5-7-23(8-6-22)21-24-9-15-28(16-10-24)32-29-19-13-26(14-20-29)30(2,3)25-11-17-27(31-4)18-12-25/h5-20H,21H2,1-4H3. The van der Waals surface area contributed by atoms with Gasteiger partial charge in [-0.25, -0.2) is 0 Å². The van der Waals surface area contributed by atoms with Crippen molar-refractivity contribution >= 4 is 0 Å². The van der Waals surface area contributed by atoms with Crippen LogP contribution in [-0.2, 0) is 11.8 Å². The van der Waals surface area contributed by atoms with E-state index in [4.69, 9.17) is 9.47 Å². The molecular formula is C30H30O2. The molecule has 0 aliphatic heterocycles. The minimum atomic E-state index is -0.109. The summed E-state index contributed by atoms with van der Waals surface area (Å²) in [5.74, 6) is 2.56. The molecule has 0 radical (unpaired) electrons. The summed E-state index contributed by atoms with van der Waals surface area (Å²) in [7, 11) is 1.69. The molecule has 0 N–H and O–H groups in total. The molecule has 0 aromatic heterocycles. The first kappa shape index (κ1) is 21.7. The number of methoxy groups -OCH3 is 1. The van der Waals surface area contributed by atoms with Gasteiger partial charge in [-0.15, -0.1) is 0 Å². The van der Waals surface area contributed by atoms with Gasteiger partial charge in [-0.2, -0.15) is 0 Å². The zero-order valence-corrected chi connectivity index (χ0v) is 19.3. The Morgan fingerprint density at radius 1 is 0.562 bits per heavy atom. The van der Waals surface area contributed by atoms with Crippen molar-refractivity contribution in [3.05, 3.63) is 125 Å². The van der Waals surface area contributed by atoms with E-state index < -0.39 is 0 Å². The number of hydrogen-bond acceptors (Lipinski definition) is 2. The molecule has 0 bridgehead atoms. The lowest BCUT2D eigenvalue weighted by atomic mass is 9.78. The third-order valence-electron chi connectivity index (χ3n) is 6.08. The van der Waals surface area contributed by atoms with Crippen molar-refractivity contribution < 1.29 is 9.47 Å². The molecule has 0 fully saturated rings. The van der Waals surface area contributed by atoms with Crippen LogP contribution >= 0.6 is 0 Å². The molecule has 0 unspecified atom stereocenters. The van der Waals surface area contributed by atoms with E-state index in [1.54, 1.807) is 7.11 Å². The number of rotatable bonds is 7. The van der Waals surface area contributed by atoms with Gasteiger partial charge in [-0.05, 0) is 72.0 Å². The second kappa shape index (κ2) is 9.32. The van der Waals surface area contributed by atoms with Crippen LogP contribution in [0.5, 0.6) is 17.2 Å². The maximum Gasteiger partial charge on any atom is 0.127 e. The summed E-state index contributed by atoms with van der Waals surface area (Å²) in [6, 6.07) is 33.7. The van der Waals surface area contributed by atoms with Crippen LogP contribution in [-0.4, -0.2) is 7.11 Å². The maximum absolute atomic E-state index is 6.09. The molecule has 162 valence electrons. The molecule has 2 nitrogen and oxygen atoms in total. The van der Waals surface area contributed by atoms with E-state index >= 15 is 0 Å². The van der Waals surface area contributed by atoms with Crippen LogP contribution in [0, 0.1) is 6.92 Å². The summed E-state index contributed by atoms with van der Waals surface area (Å²) >= 11 is 0. The minimum absolute atomic E-state index is 0.109. The highest BCUT2D eigenvalue weighted by Crippen LogP contribution is 2.34. The molecule has 0 spiro atoms. The van der Waals surface area contributed by atoms with Gasteiger partial charge in [-0.1, -0.05) is 80.1 Å². The van der Waals surface area contributed by atoms with Crippen molar-refractivity contribution in [2.45, 2.75) is 32.6 Å². The van der Waals surface area contributed by atoms with E-state index in [0.29, 0.717) is 0 Å². The van der Waals surface area contributed by atoms with Crippen LogP contribution in [0.3, 0.4) is 0 Å². The Kier molecular flexibility index (Phi) is 6.32. The molecule has 4 rings (SSSR count). The Balaban J connectivity index is 1.42. The first-order chi connectivity index (χ1) is 15.4. The van der Waals surface area contributed by atoms with Gasteiger partial charge in [0.1, 0.15) is 17.2 Å². The largest absolute Gasteiger partial charge is 0.497 e. The SMILES string of the molecule is COc1ccc(C(C)(C)c2ccc(Oc3ccc(Cc4ccc(C)cc4)cc3)cc2)cc1. The van der Waals surface area contributed by atoms with Crippen LogP contribution in [0.1, 0.15) is 41.7 Å². The summed E-state index contributed by atoms with van der Waals surface area (Å²) in [4.78, 5) is 0. The highest BCUT2D eigenvalue weighted by atomic mass is 16.5.